The van der Waals surface area contributed by atoms with Gasteiger partial charge in [-0.05, 0) is 31.2 Å². The predicted octanol–water partition coefficient (Wildman–Crippen LogP) is 3.94. The molecule has 114 valence electrons. The fraction of sp³-hybridized carbons (Fsp3) is 0.118. The molecule has 1 aliphatic heterocycles. The molecule has 23 heavy (non-hydrogen) atoms. The Labute approximate surface area is 137 Å². The maximum absolute atomic E-state index is 12.4. The molecular weight excluding hydrogens is 308 g/mol. The van der Waals surface area contributed by atoms with Gasteiger partial charge in [0.15, 0.2) is 0 Å². The minimum atomic E-state index is -0.266. The van der Waals surface area contributed by atoms with Crippen LogP contribution in [0, 0.1) is 6.92 Å². The molecule has 0 bridgehead atoms. The van der Waals surface area contributed by atoms with Gasteiger partial charge in [-0.1, -0.05) is 18.2 Å². The molecule has 0 saturated carbocycles. The maximum atomic E-state index is 12.4. The lowest BCUT2D eigenvalue weighted by Crippen LogP contribution is -2.19. The Balaban J connectivity index is 1.66. The Kier molecular flexibility index (Phi) is 3.38. The van der Waals surface area contributed by atoms with Crippen LogP contribution in [0.1, 0.15) is 11.3 Å². The van der Waals surface area contributed by atoms with Gasteiger partial charge in [0.05, 0.1) is 5.69 Å². The molecule has 3 aromatic rings. The van der Waals surface area contributed by atoms with Crippen molar-refractivity contribution < 1.29 is 4.79 Å². The fourth-order valence-corrected chi connectivity index (χ4v) is 3.55. The molecule has 0 spiro atoms. The van der Waals surface area contributed by atoms with E-state index in [1.54, 1.807) is 18.0 Å². The highest BCUT2D eigenvalue weighted by Crippen LogP contribution is 2.39. The van der Waals surface area contributed by atoms with Gasteiger partial charge in [0.2, 0.25) is 0 Å². The second-order valence-corrected chi connectivity index (χ2v) is 6.30. The van der Waals surface area contributed by atoms with Crippen LogP contribution in [0.25, 0.3) is 11.3 Å². The number of carbonyl (C=O) groups excluding carboxylic acids is 1. The van der Waals surface area contributed by atoms with E-state index in [2.05, 4.69) is 15.4 Å². The van der Waals surface area contributed by atoms with Crippen molar-refractivity contribution in [1.82, 2.24) is 14.8 Å². The molecule has 0 atom stereocenters. The summed E-state index contributed by atoms with van der Waals surface area (Å²) in [6.07, 6.45) is 1.80. The van der Waals surface area contributed by atoms with E-state index in [-0.39, 0.29) is 6.03 Å². The first kappa shape index (κ1) is 14.0. The Hall–Kier alpha value is -2.60. The van der Waals surface area contributed by atoms with E-state index < -0.39 is 0 Å². The number of benzene rings is 1. The first-order chi connectivity index (χ1) is 11.2. The number of carbonyl (C=O) groups is 1. The van der Waals surface area contributed by atoms with Gasteiger partial charge in [-0.25, -0.2) is 9.78 Å². The molecule has 3 heterocycles. The Morgan fingerprint density at radius 1 is 1.22 bits per heavy atom. The lowest BCUT2D eigenvalue weighted by atomic mass is 10.1. The second kappa shape index (κ2) is 5.55. The van der Waals surface area contributed by atoms with Crippen LogP contribution < -0.4 is 5.32 Å². The average molecular weight is 322 g/mol. The summed E-state index contributed by atoms with van der Waals surface area (Å²) in [6, 6.07) is 13.1. The monoisotopic (exact) mass is 322 g/mol. The normalized spacial score (nSPS) is 12.4. The number of amides is 1. The highest BCUT2D eigenvalue weighted by atomic mass is 32.2. The number of rotatable bonds is 1. The van der Waals surface area contributed by atoms with Crippen molar-refractivity contribution in [2.75, 3.05) is 5.32 Å². The van der Waals surface area contributed by atoms with Crippen molar-refractivity contribution in [1.29, 1.82) is 0 Å². The minimum absolute atomic E-state index is 0.266. The number of hydrogen-bond donors (Lipinski definition) is 1. The van der Waals surface area contributed by atoms with Gasteiger partial charge in [-0.2, -0.15) is 9.78 Å². The van der Waals surface area contributed by atoms with Crippen molar-refractivity contribution in [2.45, 2.75) is 17.7 Å². The quantitative estimate of drug-likeness (QED) is 0.737. The maximum Gasteiger partial charge on any atom is 0.346 e. The van der Waals surface area contributed by atoms with Gasteiger partial charge in [-0.15, -0.1) is 11.8 Å². The zero-order valence-corrected chi connectivity index (χ0v) is 13.3. The van der Waals surface area contributed by atoms with Crippen LogP contribution in [0.3, 0.4) is 0 Å². The van der Waals surface area contributed by atoms with E-state index in [9.17, 15) is 4.79 Å². The molecule has 0 saturated heterocycles. The number of pyridine rings is 1. The molecule has 0 aliphatic carbocycles. The number of nitrogens with one attached hydrogen (secondary N) is 1. The number of para-hydroxylation sites is 1. The molecule has 0 radical (unpaired) electrons. The second-order valence-electron chi connectivity index (χ2n) is 5.34. The van der Waals surface area contributed by atoms with Crippen molar-refractivity contribution in [3.63, 3.8) is 0 Å². The summed E-state index contributed by atoms with van der Waals surface area (Å²) in [5, 5.41) is 8.29. The summed E-state index contributed by atoms with van der Waals surface area (Å²) in [6.45, 7) is 1.97. The van der Waals surface area contributed by atoms with E-state index >= 15 is 0 Å². The number of nitrogens with zero attached hydrogens (tertiary/aromatic N) is 3. The molecular formula is C17H14N4OS. The summed E-state index contributed by atoms with van der Waals surface area (Å²) < 4.78 is 1.37. The molecule has 1 N–H and O–H groups in total. The smallest absolute Gasteiger partial charge is 0.306 e. The molecule has 0 fully saturated rings. The van der Waals surface area contributed by atoms with Gasteiger partial charge in [0.25, 0.3) is 0 Å². The summed E-state index contributed by atoms with van der Waals surface area (Å²) in [5.74, 6) is 0.775. The van der Waals surface area contributed by atoms with Crippen LogP contribution in [0.4, 0.5) is 10.5 Å². The van der Waals surface area contributed by atoms with Crippen LogP contribution in [0.5, 0.6) is 0 Å². The highest BCUT2D eigenvalue weighted by Gasteiger charge is 2.23. The molecule has 1 aliphatic rings. The van der Waals surface area contributed by atoms with E-state index in [1.165, 1.54) is 4.68 Å². The molecule has 5 nitrogen and oxygen atoms in total. The number of fused-ring (bicyclic) bond motifs is 3. The van der Waals surface area contributed by atoms with Crippen LogP contribution in [0.2, 0.25) is 0 Å². The van der Waals surface area contributed by atoms with Gasteiger partial charge >= 0.3 is 6.03 Å². The fourth-order valence-electron chi connectivity index (χ4n) is 2.52. The van der Waals surface area contributed by atoms with Gasteiger partial charge in [-0.3, -0.25) is 0 Å². The Morgan fingerprint density at radius 3 is 2.87 bits per heavy atom. The summed E-state index contributed by atoms with van der Waals surface area (Å²) >= 11 is 1.68. The zero-order valence-electron chi connectivity index (χ0n) is 12.5. The third kappa shape index (κ3) is 2.61. The van der Waals surface area contributed by atoms with E-state index in [0.29, 0.717) is 0 Å². The molecule has 6 heteroatoms. The first-order valence-corrected chi connectivity index (χ1v) is 8.25. The zero-order chi connectivity index (χ0) is 15.8. The van der Waals surface area contributed by atoms with Crippen molar-refractivity contribution in [3.8, 4) is 11.3 Å². The molecule has 1 aromatic carbocycles. The lowest BCUT2D eigenvalue weighted by Gasteiger charge is -2.13. The van der Waals surface area contributed by atoms with Crippen LogP contribution >= 0.6 is 11.8 Å². The van der Waals surface area contributed by atoms with E-state index in [1.807, 2.05) is 49.4 Å². The number of thioether (sulfide) groups is 1. The summed E-state index contributed by atoms with van der Waals surface area (Å²) in [4.78, 5) is 16.9. The molecule has 1 amide bonds. The van der Waals surface area contributed by atoms with Gasteiger partial charge < -0.3 is 5.32 Å². The van der Waals surface area contributed by atoms with Crippen molar-refractivity contribution in [3.05, 3.63) is 59.9 Å². The average Bonchev–Trinajstić information content (AvgIpc) is 3.00. The largest absolute Gasteiger partial charge is 0.346 e. The van der Waals surface area contributed by atoms with Gasteiger partial charge in [0.1, 0.15) is 5.03 Å². The van der Waals surface area contributed by atoms with Crippen molar-refractivity contribution >= 4 is 23.5 Å². The summed E-state index contributed by atoms with van der Waals surface area (Å²) in [5.41, 5.74) is 4.62. The number of aryl methyl sites for hydroxylation is 1. The van der Waals surface area contributed by atoms with Crippen LogP contribution in [-0.4, -0.2) is 20.8 Å². The van der Waals surface area contributed by atoms with Gasteiger partial charge in [0, 0.05) is 34.5 Å². The van der Waals surface area contributed by atoms with E-state index in [0.717, 1.165) is 39.0 Å². The third-order valence-corrected chi connectivity index (χ3v) is 4.68. The van der Waals surface area contributed by atoms with Crippen LogP contribution in [-0.2, 0) is 5.75 Å². The van der Waals surface area contributed by atoms with E-state index in [4.69, 9.17) is 0 Å². The minimum Gasteiger partial charge on any atom is -0.306 e. The first-order valence-electron chi connectivity index (χ1n) is 7.26. The number of aromatic nitrogens is 3. The molecule has 4 rings (SSSR count). The Bertz CT molecular complexity index is 889. The lowest BCUT2D eigenvalue weighted by molar-refractivity contribution is 0.251. The third-order valence-electron chi connectivity index (χ3n) is 3.64. The predicted molar refractivity (Wildman–Crippen MR) is 90.6 cm³/mol. The van der Waals surface area contributed by atoms with Crippen molar-refractivity contribution in [2.24, 2.45) is 0 Å². The summed E-state index contributed by atoms with van der Waals surface area (Å²) in [7, 11) is 0. The number of hydrogen-bond acceptors (Lipinski definition) is 4. The Morgan fingerprint density at radius 2 is 2.04 bits per heavy atom. The molecule has 0 unspecified atom stereocenters. The SMILES string of the molecule is Cc1ccc2c(n1)SCc1cn(C(=O)Nc3ccccc3)nc1-2. The highest BCUT2D eigenvalue weighted by molar-refractivity contribution is 7.98. The molecule has 2 aromatic heterocycles. The number of anilines is 1. The van der Waals surface area contributed by atoms with Crippen LogP contribution in [0.15, 0.2) is 53.7 Å². The standard InChI is InChI=1S/C17H14N4OS/c1-11-7-8-14-15-12(10-23-16(14)18-11)9-21(20-15)17(22)19-13-5-3-2-4-6-13/h2-9H,10H2,1H3,(H,19,22). The topological polar surface area (TPSA) is 59.8 Å².